The first kappa shape index (κ1) is 10.5. The van der Waals surface area contributed by atoms with Gasteiger partial charge in [-0.3, -0.25) is 4.90 Å². The lowest BCUT2D eigenvalue weighted by Gasteiger charge is -2.25. The molecule has 0 saturated carbocycles. The minimum absolute atomic E-state index is 0.815. The third kappa shape index (κ3) is 2.73. The van der Waals surface area contributed by atoms with E-state index >= 15 is 0 Å². The fourth-order valence-corrected chi connectivity index (χ4v) is 1.68. The maximum absolute atomic E-state index is 5.30. The normalized spacial score (nSPS) is 18.2. The van der Waals surface area contributed by atoms with E-state index in [0.717, 1.165) is 51.6 Å². The molecule has 1 aliphatic rings. The Kier molecular flexibility index (Phi) is 3.63. The van der Waals surface area contributed by atoms with Gasteiger partial charge < -0.3 is 4.74 Å². The van der Waals surface area contributed by atoms with Crippen LogP contribution in [0, 0.1) is 0 Å². The van der Waals surface area contributed by atoms with Crippen molar-refractivity contribution in [3.8, 4) is 0 Å². The summed E-state index contributed by atoms with van der Waals surface area (Å²) in [7, 11) is 0. The second-order valence-electron chi connectivity index (χ2n) is 3.71. The second kappa shape index (κ2) is 5.18. The van der Waals surface area contributed by atoms with Gasteiger partial charge >= 0.3 is 0 Å². The van der Waals surface area contributed by atoms with Crippen molar-refractivity contribution in [2.45, 2.75) is 26.4 Å². The lowest BCUT2D eigenvalue weighted by Crippen LogP contribution is -2.36. The molecule has 1 aromatic rings. The molecule has 1 fully saturated rings. The van der Waals surface area contributed by atoms with Crippen LogP contribution in [0.15, 0.2) is 0 Å². The predicted molar refractivity (Wildman–Crippen MR) is 54.2 cm³/mol. The van der Waals surface area contributed by atoms with Gasteiger partial charge in [0.1, 0.15) is 0 Å². The van der Waals surface area contributed by atoms with Gasteiger partial charge in [0.15, 0.2) is 5.82 Å². The van der Waals surface area contributed by atoms with E-state index in [9.17, 15) is 0 Å². The number of ether oxygens (including phenoxy) is 1. The number of hydrogen-bond donors (Lipinski definition) is 0. The van der Waals surface area contributed by atoms with Gasteiger partial charge in [0, 0.05) is 19.6 Å². The van der Waals surface area contributed by atoms with Gasteiger partial charge in [0.05, 0.1) is 19.8 Å². The molecule has 0 unspecified atom stereocenters. The first-order valence-electron chi connectivity index (χ1n) is 5.45. The topological polar surface area (TPSA) is 56.1 Å². The summed E-state index contributed by atoms with van der Waals surface area (Å²) in [6.45, 7) is 7.42. The van der Waals surface area contributed by atoms with Crippen molar-refractivity contribution in [3.63, 3.8) is 0 Å². The minimum atomic E-state index is 0.815. The van der Waals surface area contributed by atoms with Gasteiger partial charge in [-0.15, -0.1) is 5.10 Å². The van der Waals surface area contributed by atoms with Crippen LogP contribution in [-0.4, -0.2) is 51.4 Å². The van der Waals surface area contributed by atoms with Crippen LogP contribution in [0.5, 0.6) is 0 Å². The molecule has 84 valence electrons. The van der Waals surface area contributed by atoms with Crippen molar-refractivity contribution in [1.82, 2.24) is 25.1 Å². The summed E-state index contributed by atoms with van der Waals surface area (Å²) in [5, 5.41) is 11.7. The summed E-state index contributed by atoms with van der Waals surface area (Å²) >= 11 is 0. The maximum Gasteiger partial charge on any atom is 0.165 e. The van der Waals surface area contributed by atoms with Gasteiger partial charge in [-0.05, 0) is 16.8 Å². The lowest BCUT2D eigenvalue weighted by molar-refractivity contribution is 0.0324. The summed E-state index contributed by atoms with van der Waals surface area (Å²) in [4.78, 5) is 2.32. The number of aryl methyl sites for hydroxylation is 1. The summed E-state index contributed by atoms with van der Waals surface area (Å²) in [5.41, 5.74) is 0. The molecule has 0 spiro atoms. The van der Waals surface area contributed by atoms with Gasteiger partial charge in [0.25, 0.3) is 0 Å². The third-order valence-electron chi connectivity index (χ3n) is 2.51. The molecule has 1 aromatic heterocycles. The van der Waals surface area contributed by atoms with Crippen LogP contribution in [0.2, 0.25) is 0 Å². The molecule has 0 bridgehead atoms. The van der Waals surface area contributed by atoms with Gasteiger partial charge in [-0.25, -0.2) is 4.68 Å². The number of morpholine rings is 1. The summed E-state index contributed by atoms with van der Waals surface area (Å²) < 4.78 is 7.18. The Morgan fingerprint density at radius 1 is 1.33 bits per heavy atom. The van der Waals surface area contributed by atoms with Crippen LogP contribution in [0.25, 0.3) is 0 Å². The second-order valence-corrected chi connectivity index (χ2v) is 3.71. The molecule has 0 N–H and O–H groups in total. The smallest absolute Gasteiger partial charge is 0.165 e. The minimum Gasteiger partial charge on any atom is -0.379 e. The van der Waals surface area contributed by atoms with E-state index in [4.69, 9.17) is 4.74 Å². The average Bonchev–Trinajstić information content (AvgIpc) is 2.68. The molecule has 2 heterocycles. The Morgan fingerprint density at radius 3 is 2.87 bits per heavy atom. The predicted octanol–water partition coefficient (Wildman–Crippen LogP) is -0.0847. The molecule has 0 amide bonds. The summed E-state index contributed by atoms with van der Waals surface area (Å²) in [5.74, 6) is 0.957. The van der Waals surface area contributed by atoms with Crippen LogP contribution < -0.4 is 0 Å². The SMILES string of the molecule is CCCn1nnnc1CN1CCOCC1. The Hall–Kier alpha value is -1.01. The van der Waals surface area contributed by atoms with Crippen molar-refractivity contribution in [2.24, 2.45) is 0 Å². The highest BCUT2D eigenvalue weighted by atomic mass is 16.5. The van der Waals surface area contributed by atoms with E-state index in [1.165, 1.54) is 0 Å². The van der Waals surface area contributed by atoms with Crippen LogP contribution in [0.3, 0.4) is 0 Å². The fraction of sp³-hybridized carbons (Fsp3) is 0.889. The Morgan fingerprint density at radius 2 is 2.13 bits per heavy atom. The Labute approximate surface area is 89.2 Å². The van der Waals surface area contributed by atoms with Gasteiger partial charge in [-0.2, -0.15) is 0 Å². The van der Waals surface area contributed by atoms with Crippen LogP contribution in [0.1, 0.15) is 19.2 Å². The molecular formula is C9H17N5O. The van der Waals surface area contributed by atoms with Gasteiger partial charge in [-0.1, -0.05) is 6.92 Å². The van der Waals surface area contributed by atoms with E-state index < -0.39 is 0 Å². The first-order valence-corrected chi connectivity index (χ1v) is 5.45. The van der Waals surface area contributed by atoms with E-state index in [1.54, 1.807) is 0 Å². The standard InChI is InChI=1S/C9H17N5O/c1-2-3-14-9(10-11-12-14)8-13-4-6-15-7-5-13/h2-8H2,1H3. The number of hydrogen-bond acceptors (Lipinski definition) is 5. The number of aromatic nitrogens is 4. The zero-order chi connectivity index (χ0) is 10.5. The molecule has 1 aliphatic heterocycles. The van der Waals surface area contributed by atoms with E-state index in [1.807, 2.05) is 4.68 Å². The molecule has 15 heavy (non-hydrogen) atoms. The van der Waals surface area contributed by atoms with Crippen LogP contribution in [-0.2, 0) is 17.8 Å². The number of nitrogens with zero attached hydrogens (tertiary/aromatic N) is 5. The van der Waals surface area contributed by atoms with E-state index in [0.29, 0.717) is 0 Å². The summed E-state index contributed by atoms with van der Waals surface area (Å²) in [6.07, 6.45) is 1.06. The van der Waals surface area contributed by atoms with E-state index in [2.05, 4.69) is 27.3 Å². The molecule has 6 heteroatoms. The molecule has 0 radical (unpaired) electrons. The zero-order valence-corrected chi connectivity index (χ0v) is 9.09. The van der Waals surface area contributed by atoms with Crippen LogP contribution in [0.4, 0.5) is 0 Å². The fourth-order valence-electron chi connectivity index (χ4n) is 1.68. The Balaban J connectivity index is 1.93. The molecule has 0 aliphatic carbocycles. The molecule has 0 atom stereocenters. The highest BCUT2D eigenvalue weighted by Gasteiger charge is 2.14. The highest BCUT2D eigenvalue weighted by molar-refractivity contribution is 4.81. The highest BCUT2D eigenvalue weighted by Crippen LogP contribution is 2.03. The van der Waals surface area contributed by atoms with Crippen molar-refractivity contribution in [1.29, 1.82) is 0 Å². The molecule has 0 aromatic carbocycles. The maximum atomic E-state index is 5.30. The molecular weight excluding hydrogens is 194 g/mol. The lowest BCUT2D eigenvalue weighted by atomic mass is 10.4. The molecule has 2 rings (SSSR count). The zero-order valence-electron chi connectivity index (χ0n) is 9.09. The van der Waals surface area contributed by atoms with Crippen molar-refractivity contribution in [2.75, 3.05) is 26.3 Å². The largest absolute Gasteiger partial charge is 0.379 e. The van der Waals surface area contributed by atoms with Gasteiger partial charge in [0.2, 0.25) is 0 Å². The van der Waals surface area contributed by atoms with E-state index in [-0.39, 0.29) is 0 Å². The molecule has 1 saturated heterocycles. The molecule has 6 nitrogen and oxygen atoms in total. The Bertz CT molecular complexity index is 294. The van der Waals surface area contributed by atoms with Crippen molar-refractivity contribution in [3.05, 3.63) is 5.82 Å². The number of rotatable bonds is 4. The summed E-state index contributed by atoms with van der Waals surface area (Å²) in [6, 6.07) is 0. The first-order chi connectivity index (χ1) is 7.40. The monoisotopic (exact) mass is 211 g/mol. The van der Waals surface area contributed by atoms with Crippen molar-refractivity contribution >= 4 is 0 Å². The number of tetrazole rings is 1. The van der Waals surface area contributed by atoms with Crippen molar-refractivity contribution < 1.29 is 4.74 Å². The van der Waals surface area contributed by atoms with Crippen LogP contribution >= 0.6 is 0 Å². The third-order valence-corrected chi connectivity index (χ3v) is 2.51. The quantitative estimate of drug-likeness (QED) is 0.697. The average molecular weight is 211 g/mol.